The Balaban J connectivity index is 2.66. The summed E-state index contributed by atoms with van der Waals surface area (Å²) in [6.07, 6.45) is 0.512. The molecule has 1 rings (SSSR count). The van der Waals surface area contributed by atoms with Gasteiger partial charge < -0.3 is 21.1 Å². The number of aliphatic hydroxyl groups excluding tert-OH is 1. The van der Waals surface area contributed by atoms with Crippen molar-refractivity contribution < 1.29 is 14.7 Å². The molecular formula is C16H24BrN3O3. The van der Waals surface area contributed by atoms with E-state index >= 15 is 0 Å². The molecule has 128 valence electrons. The van der Waals surface area contributed by atoms with Gasteiger partial charge in [-0.15, -0.1) is 0 Å². The summed E-state index contributed by atoms with van der Waals surface area (Å²) in [5.74, 6) is -0.0608. The molecule has 7 heteroatoms. The monoisotopic (exact) mass is 385 g/mol. The molecule has 0 bridgehead atoms. The van der Waals surface area contributed by atoms with Crippen LogP contribution in [-0.2, 0) is 4.79 Å². The number of carbonyl (C=O) groups excluding carboxylic acids is 2. The van der Waals surface area contributed by atoms with Gasteiger partial charge in [0, 0.05) is 16.2 Å². The predicted molar refractivity (Wildman–Crippen MR) is 94.2 cm³/mol. The molecule has 23 heavy (non-hydrogen) atoms. The molecule has 2 atom stereocenters. The van der Waals surface area contributed by atoms with Crippen LogP contribution in [-0.4, -0.2) is 35.7 Å². The second-order valence-electron chi connectivity index (χ2n) is 5.88. The van der Waals surface area contributed by atoms with Crippen LogP contribution in [0.5, 0.6) is 0 Å². The minimum absolute atomic E-state index is 0.148. The van der Waals surface area contributed by atoms with Crippen LogP contribution in [0.1, 0.15) is 27.2 Å². The van der Waals surface area contributed by atoms with E-state index in [1.165, 1.54) is 0 Å². The van der Waals surface area contributed by atoms with E-state index in [2.05, 4.69) is 31.9 Å². The Labute approximate surface area is 145 Å². The molecule has 0 aliphatic heterocycles. The third kappa shape index (κ3) is 7.47. The van der Waals surface area contributed by atoms with E-state index in [4.69, 9.17) is 5.11 Å². The fourth-order valence-corrected chi connectivity index (χ4v) is 2.21. The molecule has 0 heterocycles. The Morgan fingerprint density at radius 2 is 1.74 bits per heavy atom. The lowest BCUT2D eigenvalue weighted by molar-refractivity contribution is -0.124. The summed E-state index contributed by atoms with van der Waals surface area (Å²) in [5, 5.41) is 17.1. The number of carbonyl (C=O) groups is 2. The minimum Gasteiger partial charge on any atom is -0.394 e. The Kier molecular flexibility index (Phi) is 8.05. The maximum absolute atomic E-state index is 12.2. The summed E-state index contributed by atoms with van der Waals surface area (Å²) < 4.78 is 0.915. The largest absolute Gasteiger partial charge is 0.394 e. The molecule has 0 aromatic heterocycles. The standard InChI is InChI=1S/C16H24BrN3O3/c1-10(2)8-14(15(22)18-11(3)9-21)20-16(23)19-13-6-4-12(17)5-7-13/h4-7,10-11,14,21H,8-9H2,1-3H3,(H,18,22)(H2,19,20,23). The quantitative estimate of drug-likeness (QED) is 0.580. The van der Waals surface area contributed by atoms with Crippen molar-refractivity contribution in [1.82, 2.24) is 10.6 Å². The average molecular weight is 386 g/mol. The summed E-state index contributed by atoms with van der Waals surface area (Å²) in [4.78, 5) is 24.3. The van der Waals surface area contributed by atoms with E-state index in [1.54, 1.807) is 19.1 Å². The molecule has 0 saturated heterocycles. The molecular weight excluding hydrogens is 362 g/mol. The van der Waals surface area contributed by atoms with Crippen LogP contribution in [0.25, 0.3) is 0 Å². The van der Waals surface area contributed by atoms with Crippen molar-refractivity contribution in [3.63, 3.8) is 0 Å². The summed E-state index contributed by atoms with van der Waals surface area (Å²) in [6, 6.07) is 5.70. The highest BCUT2D eigenvalue weighted by molar-refractivity contribution is 9.10. The number of anilines is 1. The van der Waals surface area contributed by atoms with Gasteiger partial charge in [0.05, 0.1) is 6.61 Å². The van der Waals surface area contributed by atoms with Crippen LogP contribution in [0.15, 0.2) is 28.7 Å². The van der Waals surface area contributed by atoms with Crippen molar-refractivity contribution in [3.05, 3.63) is 28.7 Å². The number of benzene rings is 1. The fourth-order valence-electron chi connectivity index (χ4n) is 1.95. The maximum Gasteiger partial charge on any atom is 0.319 e. The Hall–Kier alpha value is -1.60. The first kappa shape index (κ1) is 19.4. The van der Waals surface area contributed by atoms with Crippen molar-refractivity contribution in [1.29, 1.82) is 0 Å². The van der Waals surface area contributed by atoms with Crippen LogP contribution < -0.4 is 16.0 Å². The van der Waals surface area contributed by atoms with Crippen LogP contribution in [0, 0.1) is 5.92 Å². The van der Waals surface area contributed by atoms with Crippen molar-refractivity contribution >= 4 is 33.6 Å². The second kappa shape index (κ2) is 9.52. The van der Waals surface area contributed by atoms with Crippen molar-refractivity contribution in [2.75, 3.05) is 11.9 Å². The molecule has 0 radical (unpaired) electrons. The van der Waals surface area contributed by atoms with E-state index in [0.29, 0.717) is 12.1 Å². The van der Waals surface area contributed by atoms with Gasteiger partial charge >= 0.3 is 6.03 Å². The molecule has 0 saturated carbocycles. The number of urea groups is 1. The second-order valence-corrected chi connectivity index (χ2v) is 6.80. The molecule has 0 aliphatic rings. The first-order valence-electron chi connectivity index (χ1n) is 7.56. The number of halogens is 1. The van der Waals surface area contributed by atoms with E-state index in [9.17, 15) is 9.59 Å². The fraction of sp³-hybridized carbons (Fsp3) is 0.500. The molecule has 1 aromatic carbocycles. The normalized spacial score (nSPS) is 13.3. The third-order valence-corrected chi connectivity index (χ3v) is 3.62. The third-order valence-electron chi connectivity index (χ3n) is 3.09. The SMILES string of the molecule is CC(C)CC(NC(=O)Nc1ccc(Br)cc1)C(=O)NC(C)CO. The van der Waals surface area contributed by atoms with Gasteiger partial charge in [-0.05, 0) is 43.5 Å². The zero-order valence-corrected chi connectivity index (χ0v) is 15.2. The molecule has 0 fully saturated rings. The number of nitrogens with one attached hydrogen (secondary N) is 3. The van der Waals surface area contributed by atoms with Crippen molar-refractivity contribution in [2.45, 2.75) is 39.3 Å². The highest BCUT2D eigenvalue weighted by Gasteiger charge is 2.23. The highest BCUT2D eigenvalue weighted by Crippen LogP contribution is 2.14. The first-order chi connectivity index (χ1) is 10.8. The van der Waals surface area contributed by atoms with Crippen LogP contribution in [0.2, 0.25) is 0 Å². The molecule has 0 aliphatic carbocycles. The van der Waals surface area contributed by atoms with Gasteiger partial charge in [0.15, 0.2) is 0 Å². The van der Waals surface area contributed by atoms with Gasteiger partial charge in [0.25, 0.3) is 0 Å². The lowest BCUT2D eigenvalue weighted by Crippen LogP contribution is -2.51. The summed E-state index contributed by atoms with van der Waals surface area (Å²) in [6.45, 7) is 5.51. The molecule has 1 aromatic rings. The summed E-state index contributed by atoms with van der Waals surface area (Å²) >= 11 is 3.33. The maximum atomic E-state index is 12.2. The zero-order valence-electron chi connectivity index (χ0n) is 13.6. The van der Waals surface area contributed by atoms with Gasteiger partial charge in [-0.1, -0.05) is 29.8 Å². The number of aliphatic hydroxyl groups is 1. The molecule has 3 amide bonds. The number of rotatable bonds is 7. The van der Waals surface area contributed by atoms with Crippen LogP contribution in [0.4, 0.5) is 10.5 Å². The topological polar surface area (TPSA) is 90.5 Å². The van der Waals surface area contributed by atoms with Gasteiger partial charge in [-0.2, -0.15) is 0 Å². The number of hydrogen-bond acceptors (Lipinski definition) is 3. The summed E-state index contributed by atoms with van der Waals surface area (Å²) in [7, 11) is 0. The van der Waals surface area contributed by atoms with Gasteiger partial charge in [-0.3, -0.25) is 4.79 Å². The molecule has 2 unspecified atom stereocenters. The predicted octanol–water partition coefficient (Wildman–Crippen LogP) is 2.48. The first-order valence-corrected chi connectivity index (χ1v) is 8.35. The van der Waals surface area contributed by atoms with E-state index in [-0.39, 0.29) is 24.5 Å². The van der Waals surface area contributed by atoms with E-state index in [1.807, 2.05) is 26.0 Å². The van der Waals surface area contributed by atoms with Crippen molar-refractivity contribution in [2.24, 2.45) is 5.92 Å². The molecule has 6 nitrogen and oxygen atoms in total. The van der Waals surface area contributed by atoms with Crippen LogP contribution >= 0.6 is 15.9 Å². The van der Waals surface area contributed by atoms with Gasteiger partial charge in [-0.25, -0.2) is 4.79 Å². The Morgan fingerprint density at radius 1 is 1.13 bits per heavy atom. The Morgan fingerprint density at radius 3 is 2.26 bits per heavy atom. The Bertz CT molecular complexity index is 520. The van der Waals surface area contributed by atoms with Gasteiger partial charge in [0.2, 0.25) is 5.91 Å². The highest BCUT2D eigenvalue weighted by atomic mass is 79.9. The smallest absolute Gasteiger partial charge is 0.319 e. The summed E-state index contributed by atoms with van der Waals surface area (Å²) in [5.41, 5.74) is 0.637. The van der Waals surface area contributed by atoms with E-state index < -0.39 is 12.1 Å². The van der Waals surface area contributed by atoms with Crippen LogP contribution in [0.3, 0.4) is 0 Å². The van der Waals surface area contributed by atoms with E-state index in [0.717, 1.165) is 4.47 Å². The zero-order chi connectivity index (χ0) is 17.4. The average Bonchev–Trinajstić information content (AvgIpc) is 2.48. The molecule has 0 spiro atoms. The lowest BCUT2D eigenvalue weighted by Gasteiger charge is -2.22. The van der Waals surface area contributed by atoms with Crippen molar-refractivity contribution in [3.8, 4) is 0 Å². The van der Waals surface area contributed by atoms with Gasteiger partial charge in [0.1, 0.15) is 6.04 Å². The molecule has 4 N–H and O–H groups in total. The number of amides is 3. The lowest BCUT2D eigenvalue weighted by atomic mass is 10.0. The number of hydrogen-bond donors (Lipinski definition) is 4. The minimum atomic E-state index is -0.653.